The zero-order chi connectivity index (χ0) is 23.0. The molecule has 180 valence electrons. The standard InChI is InChI=1S/C22H32O10/c1-25-21(23)19-13-17-15-31-11-9-29-7-5-27-3-4-28-6-8-30-10-12-32-16-18(17)14-20(19)22(24)26-2/h13-14H,3-12,15-16H2,1-2H3. The van der Waals surface area contributed by atoms with Crippen LogP contribution in [0.3, 0.4) is 0 Å². The fourth-order valence-corrected chi connectivity index (χ4v) is 2.88. The van der Waals surface area contributed by atoms with Crippen LogP contribution < -0.4 is 0 Å². The largest absolute Gasteiger partial charge is 0.465 e. The third kappa shape index (κ3) is 9.19. The smallest absolute Gasteiger partial charge is 0.338 e. The summed E-state index contributed by atoms with van der Waals surface area (Å²) in [6.45, 7) is 4.74. The van der Waals surface area contributed by atoms with Crippen LogP contribution in [0.5, 0.6) is 0 Å². The molecule has 0 fully saturated rings. The molecule has 1 aromatic rings. The van der Waals surface area contributed by atoms with Gasteiger partial charge in [0, 0.05) is 0 Å². The molecule has 0 spiro atoms. The fourth-order valence-electron chi connectivity index (χ4n) is 2.88. The zero-order valence-corrected chi connectivity index (χ0v) is 18.7. The summed E-state index contributed by atoms with van der Waals surface area (Å²) in [5.41, 5.74) is 1.61. The Morgan fingerprint density at radius 3 is 1.12 bits per heavy atom. The molecule has 0 atom stereocenters. The number of esters is 2. The van der Waals surface area contributed by atoms with Crippen molar-refractivity contribution in [2.75, 3.05) is 80.3 Å². The number of benzene rings is 1. The molecule has 10 heteroatoms. The molecule has 1 aromatic carbocycles. The number of ether oxygens (including phenoxy) is 8. The van der Waals surface area contributed by atoms with E-state index in [2.05, 4.69) is 0 Å². The summed E-state index contributed by atoms with van der Waals surface area (Å²) in [4.78, 5) is 24.4. The van der Waals surface area contributed by atoms with Crippen molar-refractivity contribution in [3.8, 4) is 0 Å². The minimum absolute atomic E-state index is 0.105. The second-order valence-electron chi connectivity index (χ2n) is 6.70. The number of hydrogen-bond donors (Lipinski definition) is 0. The lowest BCUT2D eigenvalue weighted by Gasteiger charge is -2.16. The lowest BCUT2D eigenvalue weighted by Crippen LogP contribution is -2.16. The van der Waals surface area contributed by atoms with Gasteiger partial charge in [-0.05, 0) is 23.3 Å². The van der Waals surface area contributed by atoms with Gasteiger partial charge in [-0.2, -0.15) is 0 Å². The second kappa shape index (κ2) is 15.7. The first kappa shape index (κ1) is 26.2. The molecule has 10 nitrogen and oxygen atoms in total. The van der Waals surface area contributed by atoms with Crippen LogP contribution in [0.2, 0.25) is 0 Å². The molecule has 0 unspecified atom stereocenters. The van der Waals surface area contributed by atoms with Gasteiger partial charge >= 0.3 is 11.9 Å². The molecule has 0 radical (unpaired) electrons. The summed E-state index contributed by atoms with van der Waals surface area (Å²) in [6.07, 6.45) is 0. The minimum atomic E-state index is -0.639. The van der Waals surface area contributed by atoms with E-state index in [9.17, 15) is 9.59 Å². The molecule has 1 aliphatic heterocycles. The molecule has 0 amide bonds. The van der Waals surface area contributed by atoms with E-state index in [4.69, 9.17) is 37.9 Å². The van der Waals surface area contributed by atoms with Gasteiger partial charge in [0.1, 0.15) is 0 Å². The van der Waals surface area contributed by atoms with Crippen LogP contribution in [-0.2, 0) is 51.1 Å². The molecular weight excluding hydrogens is 424 g/mol. The molecular formula is C22H32O10. The third-order valence-corrected chi connectivity index (χ3v) is 4.53. The van der Waals surface area contributed by atoms with Gasteiger partial charge in [0.2, 0.25) is 0 Å². The maximum Gasteiger partial charge on any atom is 0.338 e. The third-order valence-electron chi connectivity index (χ3n) is 4.53. The van der Waals surface area contributed by atoms with Gasteiger partial charge in [-0.25, -0.2) is 9.59 Å². The van der Waals surface area contributed by atoms with Crippen LogP contribution in [0.15, 0.2) is 12.1 Å². The predicted octanol–water partition coefficient (Wildman–Crippen LogP) is 1.37. The Morgan fingerprint density at radius 1 is 0.562 bits per heavy atom. The van der Waals surface area contributed by atoms with Crippen LogP contribution in [0.1, 0.15) is 31.8 Å². The van der Waals surface area contributed by atoms with E-state index in [-0.39, 0.29) is 24.3 Å². The maximum absolute atomic E-state index is 12.2. The van der Waals surface area contributed by atoms with Crippen LogP contribution in [0, 0.1) is 0 Å². The summed E-state index contributed by atoms with van der Waals surface area (Å²) in [5, 5.41) is 0. The summed E-state index contributed by atoms with van der Waals surface area (Å²) in [6, 6.07) is 3.15. The normalized spacial score (nSPS) is 18.2. The maximum atomic E-state index is 12.2. The summed E-state index contributed by atoms with van der Waals surface area (Å²) >= 11 is 0. The van der Waals surface area contributed by atoms with Crippen molar-refractivity contribution in [3.05, 3.63) is 34.4 Å². The molecule has 1 aliphatic rings. The number of carbonyl (C=O) groups is 2. The summed E-state index contributed by atoms with van der Waals surface area (Å²) in [7, 11) is 2.50. The molecule has 0 aliphatic carbocycles. The van der Waals surface area contributed by atoms with Crippen molar-refractivity contribution < 1.29 is 47.5 Å². The first-order valence-electron chi connectivity index (χ1n) is 10.5. The van der Waals surface area contributed by atoms with Gasteiger partial charge in [-0.3, -0.25) is 0 Å². The van der Waals surface area contributed by atoms with Gasteiger partial charge in [0.15, 0.2) is 0 Å². The van der Waals surface area contributed by atoms with Gasteiger partial charge in [0.25, 0.3) is 0 Å². The monoisotopic (exact) mass is 456 g/mol. The van der Waals surface area contributed by atoms with E-state index in [0.717, 1.165) is 0 Å². The number of hydrogen-bond acceptors (Lipinski definition) is 10. The zero-order valence-electron chi connectivity index (χ0n) is 18.7. The number of rotatable bonds is 2. The first-order valence-corrected chi connectivity index (χ1v) is 10.5. The summed E-state index contributed by atoms with van der Waals surface area (Å²) in [5.74, 6) is -1.28. The molecule has 1 heterocycles. The Kier molecular flexibility index (Phi) is 12.8. The van der Waals surface area contributed by atoms with Crippen LogP contribution >= 0.6 is 0 Å². The van der Waals surface area contributed by atoms with Crippen LogP contribution in [0.4, 0.5) is 0 Å². The highest BCUT2D eigenvalue weighted by atomic mass is 16.6. The van der Waals surface area contributed by atoms with Gasteiger partial charge < -0.3 is 37.9 Å². The highest BCUT2D eigenvalue weighted by molar-refractivity contribution is 6.03. The lowest BCUT2D eigenvalue weighted by molar-refractivity contribution is -0.0202. The molecule has 0 aromatic heterocycles. The highest BCUT2D eigenvalue weighted by Crippen LogP contribution is 2.21. The van der Waals surface area contributed by atoms with Crippen molar-refractivity contribution in [2.24, 2.45) is 0 Å². The fraction of sp³-hybridized carbons (Fsp3) is 0.636. The highest BCUT2D eigenvalue weighted by Gasteiger charge is 2.22. The Morgan fingerprint density at radius 2 is 0.844 bits per heavy atom. The van der Waals surface area contributed by atoms with Crippen LogP contribution in [0.25, 0.3) is 0 Å². The van der Waals surface area contributed by atoms with Crippen LogP contribution in [-0.4, -0.2) is 92.2 Å². The quantitative estimate of drug-likeness (QED) is 0.606. The van der Waals surface area contributed by atoms with Gasteiger partial charge in [-0.1, -0.05) is 0 Å². The van der Waals surface area contributed by atoms with E-state index in [1.165, 1.54) is 14.2 Å². The Hall–Kier alpha value is -2.08. The molecule has 32 heavy (non-hydrogen) atoms. The molecule has 0 saturated carbocycles. The molecule has 0 N–H and O–H groups in total. The topological polar surface area (TPSA) is 108 Å². The van der Waals surface area contributed by atoms with Crippen molar-refractivity contribution in [2.45, 2.75) is 13.2 Å². The van der Waals surface area contributed by atoms with Crippen molar-refractivity contribution in [3.63, 3.8) is 0 Å². The number of methoxy groups -OCH3 is 2. The molecule has 0 saturated heterocycles. The van der Waals surface area contributed by atoms with Crippen molar-refractivity contribution >= 4 is 11.9 Å². The van der Waals surface area contributed by atoms with E-state index < -0.39 is 11.9 Å². The van der Waals surface area contributed by atoms with Gasteiger partial charge in [-0.15, -0.1) is 0 Å². The SMILES string of the molecule is COC(=O)c1cc2c(cc1C(=O)OC)COCCOCCOCCOCCOCCOC2. The molecule has 0 bridgehead atoms. The average molecular weight is 456 g/mol. The lowest BCUT2D eigenvalue weighted by atomic mass is 9.98. The van der Waals surface area contributed by atoms with E-state index in [0.29, 0.717) is 77.2 Å². The number of fused-ring (bicyclic) bond motifs is 1. The van der Waals surface area contributed by atoms with Crippen molar-refractivity contribution in [1.29, 1.82) is 0 Å². The van der Waals surface area contributed by atoms with Gasteiger partial charge in [0.05, 0.1) is 105 Å². The summed E-state index contributed by atoms with van der Waals surface area (Å²) < 4.78 is 42.8. The predicted molar refractivity (Wildman–Crippen MR) is 112 cm³/mol. The Labute approximate surface area is 187 Å². The van der Waals surface area contributed by atoms with E-state index in [1.807, 2.05) is 0 Å². The van der Waals surface area contributed by atoms with E-state index in [1.54, 1.807) is 12.1 Å². The average Bonchev–Trinajstić information content (AvgIpc) is 2.81. The Balaban J connectivity index is 2.12. The van der Waals surface area contributed by atoms with Crippen molar-refractivity contribution in [1.82, 2.24) is 0 Å². The molecule has 2 rings (SSSR count). The number of carbonyl (C=O) groups excluding carboxylic acids is 2. The minimum Gasteiger partial charge on any atom is -0.465 e. The second-order valence-corrected chi connectivity index (χ2v) is 6.70. The Bertz CT molecular complexity index is 647. The van der Waals surface area contributed by atoms with E-state index >= 15 is 0 Å². The first-order chi connectivity index (χ1) is 15.7.